The summed E-state index contributed by atoms with van der Waals surface area (Å²) in [4.78, 5) is 28.2. The van der Waals surface area contributed by atoms with E-state index in [0.29, 0.717) is 6.04 Å². The number of nitrogens with one attached hydrogen (secondary N) is 1. The van der Waals surface area contributed by atoms with Crippen molar-refractivity contribution < 1.29 is 4.79 Å². The zero-order valence-corrected chi connectivity index (χ0v) is 22.0. The summed E-state index contributed by atoms with van der Waals surface area (Å²) in [7, 11) is 0. The summed E-state index contributed by atoms with van der Waals surface area (Å²) in [6, 6.07) is 11.1. The second-order valence-corrected chi connectivity index (χ2v) is 11.0. The van der Waals surface area contributed by atoms with Crippen LogP contribution in [0.3, 0.4) is 0 Å². The highest BCUT2D eigenvalue weighted by molar-refractivity contribution is 5.94. The number of nitrogens with zero attached hydrogens (tertiary/aromatic N) is 6. The molecule has 6 rings (SSSR count). The summed E-state index contributed by atoms with van der Waals surface area (Å²) < 4.78 is 2.16. The van der Waals surface area contributed by atoms with E-state index in [4.69, 9.17) is 4.98 Å². The Morgan fingerprint density at radius 3 is 2.51 bits per heavy atom. The fourth-order valence-electron chi connectivity index (χ4n) is 6.44. The molecule has 1 N–H and O–H groups in total. The molecule has 3 aromatic rings. The Morgan fingerprint density at radius 2 is 1.76 bits per heavy atom. The van der Waals surface area contributed by atoms with Gasteiger partial charge in [0.05, 0.1) is 5.52 Å². The maximum Gasteiger partial charge on any atom is 0.224 e. The van der Waals surface area contributed by atoms with Crippen LogP contribution in [0, 0.1) is 5.92 Å². The fourth-order valence-corrected chi connectivity index (χ4v) is 6.44. The molecule has 1 saturated carbocycles. The van der Waals surface area contributed by atoms with Crippen molar-refractivity contribution in [3.05, 3.63) is 42.7 Å². The maximum atomic E-state index is 11.7. The van der Waals surface area contributed by atoms with Gasteiger partial charge in [-0.3, -0.25) is 4.79 Å². The average molecular weight is 502 g/mol. The second-order valence-electron chi connectivity index (χ2n) is 11.0. The van der Waals surface area contributed by atoms with Gasteiger partial charge in [-0.05, 0) is 81.8 Å². The quantitative estimate of drug-likeness (QED) is 0.547. The van der Waals surface area contributed by atoms with Crippen LogP contribution in [0.2, 0.25) is 0 Å². The zero-order valence-electron chi connectivity index (χ0n) is 22.0. The van der Waals surface area contributed by atoms with E-state index in [1.807, 2.05) is 17.2 Å². The van der Waals surface area contributed by atoms with Gasteiger partial charge >= 0.3 is 0 Å². The number of hydrogen-bond donors (Lipinski definition) is 1. The van der Waals surface area contributed by atoms with Gasteiger partial charge in [0.25, 0.3) is 0 Å². The van der Waals surface area contributed by atoms with Crippen LogP contribution < -0.4 is 10.2 Å². The van der Waals surface area contributed by atoms with Gasteiger partial charge in [0, 0.05) is 69.2 Å². The van der Waals surface area contributed by atoms with Crippen molar-refractivity contribution in [2.75, 3.05) is 56.0 Å². The molecule has 0 radical (unpaired) electrons. The third-order valence-corrected chi connectivity index (χ3v) is 8.56. The highest BCUT2D eigenvalue weighted by atomic mass is 16.2. The highest BCUT2D eigenvalue weighted by Gasteiger charge is 2.25. The van der Waals surface area contributed by atoms with Gasteiger partial charge in [-0.25, -0.2) is 4.98 Å². The first-order valence-electron chi connectivity index (χ1n) is 14.1. The number of likely N-dealkylation sites (tertiary alicyclic amines) is 1. The largest absolute Gasteiger partial charge is 0.367 e. The summed E-state index contributed by atoms with van der Waals surface area (Å²) in [5.74, 6) is 2.61. The number of benzene rings is 1. The molecule has 0 atom stereocenters. The number of carbonyl (C=O) groups excluding carboxylic acids is 1. The molecular formula is C29H39N7O. The van der Waals surface area contributed by atoms with Gasteiger partial charge in [-0.2, -0.15) is 4.98 Å². The SMILES string of the molecule is CC(=O)N1CCN(c2cccc3c2ccn3-c2ccnc(N[C@H]3CC[C@H](CN4CCCC4)CC3)n2)CC1. The lowest BCUT2D eigenvalue weighted by Crippen LogP contribution is -2.48. The minimum absolute atomic E-state index is 0.160. The van der Waals surface area contributed by atoms with Crippen molar-refractivity contribution in [1.82, 2.24) is 24.3 Å². The van der Waals surface area contributed by atoms with Crippen LogP contribution in [0.15, 0.2) is 42.7 Å². The predicted octanol–water partition coefficient (Wildman–Crippen LogP) is 4.16. The Kier molecular flexibility index (Phi) is 7.00. The van der Waals surface area contributed by atoms with E-state index in [0.717, 1.165) is 49.4 Å². The standard InChI is InChI=1S/C29H39N7O/c1-22(37)34-17-19-35(20-18-34)26-5-4-6-27-25(26)12-16-36(27)28-11-13-30-29(32-28)31-24-9-7-23(8-10-24)21-33-14-2-3-15-33/h4-6,11-13,16,23-24H,2-3,7-10,14-15,17-21H2,1H3,(H,30,31,32)/t23-,24-. The number of anilines is 2. The van der Waals surface area contributed by atoms with E-state index in [9.17, 15) is 4.79 Å². The van der Waals surface area contributed by atoms with Crippen molar-refractivity contribution in [2.45, 2.75) is 51.5 Å². The van der Waals surface area contributed by atoms with Gasteiger partial charge in [-0.1, -0.05) is 6.07 Å². The van der Waals surface area contributed by atoms with Crippen LogP contribution in [0.5, 0.6) is 0 Å². The number of amides is 1. The molecule has 2 aromatic heterocycles. The molecule has 0 spiro atoms. The smallest absolute Gasteiger partial charge is 0.224 e. The number of hydrogen-bond acceptors (Lipinski definition) is 6. The van der Waals surface area contributed by atoms with Gasteiger partial charge in [0.15, 0.2) is 0 Å². The molecule has 3 fully saturated rings. The van der Waals surface area contributed by atoms with Gasteiger partial charge in [-0.15, -0.1) is 0 Å². The molecule has 8 nitrogen and oxygen atoms in total. The number of carbonyl (C=O) groups is 1. The first kappa shape index (κ1) is 24.2. The van der Waals surface area contributed by atoms with Crippen LogP contribution in [-0.4, -0.2) is 82.1 Å². The Bertz CT molecular complexity index is 1220. The second kappa shape index (κ2) is 10.7. The first-order chi connectivity index (χ1) is 18.1. The van der Waals surface area contributed by atoms with Crippen LogP contribution in [0.1, 0.15) is 45.4 Å². The molecule has 1 aromatic carbocycles. The van der Waals surface area contributed by atoms with Crippen LogP contribution in [-0.2, 0) is 4.79 Å². The van der Waals surface area contributed by atoms with E-state index in [1.54, 1.807) is 6.92 Å². The molecule has 8 heteroatoms. The minimum atomic E-state index is 0.160. The molecule has 37 heavy (non-hydrogen) atoms. The lowest BCUT2D eigenvalue weighted by Gasteiger charge is -2.36. The molecule has 4 heterocycles. The molecule has 3 aliphatic rings. The summed E-state index contributed by atoms with van der Waals surface area (Å²) >= 11 is 0. The molecule has 2 saturated heterocycles. The Labute approximate surface area is 219 Å². The molecule has 196 valence electrons. The molecule has 2 aliphatic heterocycles. The summed E-state index contributed by atoms with van der Waals surface area (Å²) in [6.07, 6.45) is 11.7. The molecule has 1 aliphatic carbocycles. The third-order valence-electron chi connectivity index (χ3n) is 8.56. The Morgan fingerprint density at radius 1 is 0.973 bits per heavy atom. The summed E-state index contributed by atoms with van der Waals surface area (Å²) in [6.45, 7) is 8.78. The summed E-state index contributed by atoms with van der Waals surface area (Å²) in [5.41, 5.74) is 2.36. The van der Waals surface area contributed by atoms with Gasteiger partial charge in [0.2, 0.25) is 11.9 Å². The normalized spacial score (nSPS) is 23.1. The Balaban J connectivity index is 1.13. The van der Waals surface area contributed by atoms with Crippen LogP contribution in [0.4, 0.5) is 11.6 Å². The number of piperazine rings is 1. The lowest BCUT2D eigenvalue weighted by molar-refractivity contribution is -0.129. The van der Waals surface area contributed by atoms with Crippen molar-refractivity contribution in [3.8, 4) is 5.82 Å². The van der Waals surface area contributed by atoms with Crippen LogP contribution in [0.25, 0.3) is 16.7 Å². The van der Waals surface area contributed by atoms with E-state index < -0.39 is 0 Å². The number of rotatable bonds is 6. The predicted molar refractivity (Wildman–Crippen MR) is 148 cm³/mol. The molecule has 0 unspecified atom stereocenters. The van der Waals surface area contributed by atoms with E-state index in [1.165, 1.54) is 69.2 Å². The fraction of sp³-hybridized carbons (Fsp3) is 0.552. The zero-order chi connectivity index (χ0) is 25.2. The topological polar surface area (TPSA) is 69.5 Å². The van der Waals surface area contributed by atoms with Crippen LogP contribution >= 0.6 is 0 Å². The van der Waals surface area contributed by atoms with Crippen molar-refractivity contribution in [1.29, 1.82) is 0 Å². The van der Waals surface area contributed by atoms with Crippen molar-refractivity contribution in [3.63, 3.8) is 0 Å². The first-order valence-corrected chi connectivity index (χ1v) is 14.1. The van der Waals surface area contributed by atoms with E-state index in [-0.39, 0.29) is 5.91 Å². The number of aromatic nitrogens is 3. The highest BCUT2D eigenvalue weighted by Crippen LogP contribution is 2.31. The minimum Gasteiger partial charge on any atom is -0.367 e. The Hall–Kier alpha value is -3.13. The monoisotopic (exact) mass is 501 g/mol. The third kappa shape index (κ3) is 5.30. The number of fused-ring (bicyclic) bond motifs is 1. The molecule has 1 amide bonds. The van der Waals surface area contributed by atoms with Crippen molar-refractivity contribution in [2.24, 2.45) is 5.92 Å². The summed E-state index contributed by atoms with van der Waals surface area (Å²) in [5, 5.41) is 4.84. The average Bonchev–Trinajstić information content (AvgIpc) is 3.60. The molecule has 0 bridgehead atoms. The van der Waals surface area contributed by atoms with E-state index in [2.05, 4.69) is 55.1 Å². The van der Waals surface area contributed by atoms with Gasteiger partial charge in [0.1, 0.15) is 5.82 Å². The lowest BCUT2D eigenvalue weighted by atomic mass is 9.86. The van der Waals surface area contributed by atoms with E-state index >= 15 is 0 Å². The van der Waals surface area contributed by atoms with Crippen molar-refractivity contribution >= 4 is 28.4 Å². The van der Waals surface area contributed by atoms with Gasteiger partial charge < -0.3 is 24.6 Å². The maximum absolute atomic E-state index is 11.7. The molecular weight excluding hydrogens is 462 g/mol.